The van der Waals surface area contributed by atoms with Gasteiger partial charge in [0.2, 0.25) is 5.43 Å². The summed E-state index contributed by atoms with van der Waals surface area (Å²) >= 11 is 3.57. The van der Waals surface area contributed by atoms with Crippen molar-refractivity contribution in [3.8, 4) is 17.3 Å². The fraction of sp³-hybridized carbons (Fsp3) is 0.130. The van der Waals surface area contributed by atoms with E-state index in [2.05, 4.69) is 45.2 Å². The fourth-order valence-electron chi connectivity index (χ4n) is 4.25. The lowest BCUT2D eigenvalue weighted by atomic mass is 9.84. The fourth-order valence-corrected chi connectivity index (χ4v) is 4.67. The van der Waals surface area contributed by atoms with Crippen molar-refractivity contribution < 1.29 is 5.11 Å². The Labute approximate surface area is 176 Å². The predicted octanol–water partition coefficient (Wildman–Crippen LogP) is 4.57. The van der Waals surface area contributed by atoms with Crippen LogP contribution in [0.5, 0.6) is 5.75 Å². The minimum Gasteiger partial charge on any atom is -0.503 e. The first kappa shape index (κ1) is 17.9. The second-order valence-electron chi connectivity index (χ2n) is 7.17. The normalized spacial score (nSPS) is 15.2. The van der Waals surface area contributed by atoms with Crippen LogP contribution in [0.4, 0.5) is 0 Å². The first-order chi connectivity index (χ1) is 14.1. The zero-order valence-corrected chi connectivity index (χ0v) is 17.0. The highest BCUT2D eigenvalue weighted by Crippen LogP contribution is 2.43. The summed E-state index contributed by atoms with van der Waals surface area (Å²) in [5.41, 5.74) is 2.40. The van der Waals surface area contributed by atoms with Crippen LogP contribution in [0.15, 0.2) is 88.5 Å². The zero-order chi connectivity index (χ0) is 20.0. The van der Waals surface area contributed by atoms with E-state index in [4.69, 9.17) is 0 Å². The van der Waals surface area contributed by atoms with E-state index >= 15 is 0 Å². The van der Waals surface area contributed by atoms with Gasteiger partial charge in [-0.3, -0.25) is 4.79 Å². The average Bonchev–Trinajstić information content (AvgIpc) is 3.13. The summed E-state index contributed by atoms with van der Waals surface area (Å²) < 4.78 is 4.83. The number of benzene rings is 2. The molecule has 4 aromatic rings. The molecule has 0 saturated carbocycles. The molecule has 1 atom stereocenters. The minimum atomic E-state index is -0.404. The van der Waals surface area contributed by atoms with Crippen LogP contribution in [-0.4, -0.2) is 19.2 Å². The number of aromatic hydroxyl groups is 1. The van der Waals surface area contributed by atoms with Crippen molar-refractivity contribution in [2.24, 2.45) is 0 Å². The number of hydrogen-bond acceptors (Lipinski definition) is 3. The lowest BCUT2D eigenvalue weighted by molar-refractivity contribution is 0.361. The van der Waals surface area contributed by atoms with Crippen LogP contribution in [0.3, 0.4) is 0 Å². The molecule has 0 bridgehead atoms. The lowest BCUT2D eigenvalue weighted by Crippen LogP contribution is -2.30. The summed E-state index contributed by atoms with van der Waals surface area (Å²) in [6, 6.07) is 22.0. The van der Waals surface area contributed by atoms with E-state index in [1.165, 1.54) is 17.2 Å². The van der Waals surface area contributed by atoms with Crippen molar-refractivity contribution >= 4 is 15.9 Å². The standard InChI is InChI=1S/C23H18BrN3O2/c24-19-13-25-23-21-22(29)18(28)11-12-26(21)17(14-27(19)23)20(15-7-3-1-4-8-15)16-9-5-2-6-10-16/h1-13,17,20,29H,14H2. The summed E-state index contributed by atoms with van der Waals surface area (Å²) in [5, 5.41) is 10.6. The van der Waals surface area contributed by atoms with Crippen LogP contribution in [0.2, 0.25) is 0 Å². The topological polar surface area (TPSA) is 60.1 Å². The minimum absolute atomic E-state index is 0.0282. The molecule has 0 radical (unpaired) electrons. The van der Waals surface area contributed by atoms with Crippen molar-refractivity contribution in [2.45, 2.75) is 18.5 Å². The molecule has 29 heavy (non-hydrogen) atoms. The Morgan fingerprint density at radius 1 is 1.00 bits per heavy atom. The van der Waals surface area contributed by atoms with Crippen molar-refractivity contribution in [1.82, 2.24) is 14.1 Å². The maximum Gasteiger partial charge on any atom is 0.223 e. The molecule has 144 valence electrons. The monoisotopic (exact) mass is 447 g/mol. The maximum atomic E-state index is 12.2. The number of nitrogens with zero attached hydrogens (tertiary/aromatic N) is 3. The van der Waals surface area contributed by atoms with Gasteiger partial charge >= 0.3 is 0 Å². The molecule has 1 N–H and O–H groups in total. The molecule has 0 amide bonds. The van der Waals surface area contributed by atoms with Crippen LogP contribution in [-0.2, 0) is 6.54 Å². The third kappa shape index (κ3) is 2.91. The molecule has 3 heterocycles. The number of aromatic nitrogens is 3. The van der Waals surface area contributed by atoms with E-state index in [1.54, 1.807) is 12.4 Å². The highest BCUT2D eigenvalue weighted by atomic mass is 79.9. The van der Waals surface area contributed by atoms with Crippen LogP contribution in [0.25, 0.3) is 11.5 Å². The molecular formula is C23H18BrN3O2. The second kappa shape index (κ2) is 7.04. The molecule has 0 aliphatic carbocycles. The Morgan fingerprint density at radius 3 is 2.24 bits per heavy atom. The highest BCUT2D eigenvalue weighted by molar-refractivity contribution is 9.10. The Hall–Kier alpha value is -3.12. The summed E-state index contributed by atoms with van der Waals surface area (Å²) in [6.07, 6.45) is 3.48. The van der Waals surface area contributed by atoms with Crippen molar-refractivity contribution in [1.29, 1.82) is 0 Å². The van der Waals surface area contributed by atoms with Gasteiger partial charge in [-0.05, 0) is 27.1 Å². The van der Waals surface area contributed by atoms with Crippen LogP contribution in [0.1, 0.15) is 23.1 Å². The number of rotatable bonds is 3. The molecule has 0 saturated heterocycles. The van der Waals surface area contributed by atoms with Gasteiger partial charge in [-0.15, -0.1) is 0 Å². The van der Waals surface area contributed by atoms with Crippen molar-refractivity contribution in [3.05, 3.63) is 105 Å². The van der Waals surface area contributed by atoms with Gasteiger partial charge in [0.1, 0.15) is 10.3 Å². The van der Waals surface area contributed by atoms with Crippen LogP contribution < -0.4 is 5.43 Å². The molecule has 1 unspecified atom stereocenters. The lowest BCUT2D eigenvalue weighted by Gasteiger charge is -2.36. The molecular weight excluding hydrogens is 430 g/mol. The molecule has 0 spiro atoms. The zero-order valence-electron chi connectivity index (χ0n) is 15.4. The summed E-state index contributed by atoms with van der Waals surface area (Å²) in [6.45, 7) is 0.652. The van der Waals surface area contributed by atoms with E-state index in [1.807, 2.05) is 45.5 Å². The van der Waals surface area contributed by atoms with E-state index in [0.29, 0.717) is 18.1 Å². The largest absolute Gasteiger partial charge is 0.503 e. The van der Waals surface area contributed by atoms with Gasteiger partial charge < -0.3 is 14.2 Å². The van der Waals surface area contributed by atoms with Gasteiger partial charge in [0.05, 0.1) is 12.2 Å². The van der Waals surface area contributed by atoms with E-state index in [9.17, 15) is 9.90 Å². The van der Waals surface area contributed by atoms with Crippen LogP contribution in [0, 0.1) is 0 Å². The van der Waals surface area contributed by atoms with Crippen molar-refractivity contribution in [2.75, 3.05) is 0 Å². The summed E-state index contributed by atoms with van der Waals surface area (Å²) in [7, 11) is 0. The number of pyridine rings is 1. The third-order valence-corrected chi connectivity index (χ3v) is 6.18. The molecule has 1 aliphatic heterocycles. The summed E-state index contributed by atoms with van der Waals surface area (Å²) in [4.78, 5) is 16.6. The molecule has 6 heteroatoms. The highest BCUT2D eigenvalue weighted by Gasteiger charge is 2.35. The van der Waals surface area contributed by atoms with Crippen LogP contribution >= 0.6 is 15.9 Å². The third-order valence-electron chi connectivity index (χ3n) is 5.55. The van der Waals surface area contributed by atoms with Gasteiger partial charge in [-0.25, -0.2) is 4.98 Å². The van der Waals surface area contributed by atoms with E-state index in [-0.39, 0.29) is 17.7 Å². The predicted molar refractivity (Wildman–Crippen MR) is 115 cm³/mol. The molecule has 0 fully saturated rings. The quantitative estimate of drug-likeness (QED) is 0.500. The maximum absolute atomic E-state index is 12.2. The second-order valence-corrected chi connectivity index (χ2v) is 7.98. The van der Waals surface area contributed by atoms with E-state index < -0.39 is 5.43 Å². The number of hydrogen-bond donors (Lipinski definition) is 1. The van der Waals surface area contributed by atoms with Gasteiger partial charge in [0, 0.05) is 24.7 Å². The summed E-state index contributed by atoms with van der Waals surface area (Å²) in [5.74, 6) is 0.347. The Balaban J connectivity index is 1.78. The SMILES string of the molecule is O=c1ccn2c(c1O)-c1ncc(Br)n1CC2C(c1ccccc1)c1ccccc1. The number of imidazole rings is 1. The first-order valence-corrected chi connectivity index (χ1v) is 10.2. The smallest absolute Gasteiger partial charge is 0.223 e. The van der Waals surface area contributed by atoms with Gasteiger partial charge in [0.25, 0.3) is 0 Å². The van der Waals surface area contributed by atoms with Crippen molar-refractivity contribution in [3.63, 3.8) is 0 Å². The van der Waals surface area contributed by atoms with Gasteiger partial charge in [-0.2, -0.15) is 0 Å². The Morgan fingerprint density at radius 2 is 1.62 bits per heavy atom. The molecule has 2 aromatic heterocycles. The van der Waals surface area contributed by atoms with Gasteiger partial charge in [0.15, 0.2) is 11.6 Å². The number of fused-ring (bicyclic) bond motifs is 3. The molecule has 1 aliphatic rings. The Kier molecular flexibility index (Phi) is 4.36. The molecule has 5 nitrogen and oxygen atoms in total. The molecule has 2 aromatic carbocycles. The van der Waals surface area contributed by atoms with E-state index in [0.717, 1.165) is 4.60 Å². The van der Waals surface area contributed by atoms with Gasteiger partial charge in [-0.1, -0.05) is 60.7 Å². The first-order valence-electron chi connectivity index (χ1n) is 9.40. The molecule has 5 rings (SSSR count). The Bertz CT molecular complexity index is 1190. The number of halogens is 1. The average molecular weight is 448 g/mol.